The van der Waals surface area contributed by atoms with Crippen molar-refractivity contribution in [2.45, 2.75) is 26.9 Å². The predicted molar refractivity (Wildman–Crippen MR) is 68.3 cm³/mol. The minimum absolute atomic E-state index is 0.00996. The lowest BCUT2D eigenvalue weighted by atomic mass is 9.96. The lowest BCUT2D eigenvalue weighted by Gasteiger charge is -2.28. The van der Waals surface area contributed by atoms with Crippen LogP contribution in [0.2, 0.25) is 0 Å². The van der Waals surface area contributed by atoms with Crippen LogP contribution in [0.4, 0.5) is 8.78 Å². The zero-order valence-electron chi connectivity index (χ0n) is 11.4. The van der Waals surface area contributed by atoms with Crippen molar-refractivity contribution >= 4 is 0 Å². The SMILES string of the molecule is CN(CC(O)c1cc(F)ccc1F)CC(C)(C)C. The summed E-state index contributed by atoms with van der Waals surface area (Å²) in [5, 5.41) is 9.94. The molecule has 0 saturated carbocycles. The Kier molecular flexibility index (Phi) is 4.82. The second-order valence-corrected chi connectivity index (χ2v) is 5.94. The molecule has 0 bridgehead atoms. The fourth-order valence-corrected chi connectivity index (χ4v) is 2.04. The molecule has 1 unspecified atom stereocenters. The quantitative estimate of drug-likeness (QED) is 0.896. The highest BCUT2D eigenvalue weighted by Crippen LogP contribution is 2.21. The van der Waals surface area contributed by atoms with Crippen molar-refractivity contribution < 1.29 is 13.9 Å². The van der Waals surface area contributed by atoms with Crippen LogP contribution in [0.5, 0.6) is 0 Å². The number of aliphatic hydroxyl groups is 1. The van der Waals surface area contributed by atoms with Gasteiger partial charge in [0.1, 0.15) is 11.6 Å². The molecule has 1 N–H and O–H groups in total. The average molecular weight is 257 g/mol. The Labute approximate surface area is 107 Å². The molecule has 0 heterocycles. The van der Waals surface area contributed by atoms with Crippen molar-refractivity contribution in [1.82, 2.24) is 4.90 Å². The molecule has 0 aliphatic carbocycles. The van der Waals surface area contributed by atoms with Gasteiger partial charge < -0.3 is 10.0 Å². The number of halogens is 2. The first-order valence-corrected chi connectivity index (χ1v) is 6.00. The highest BCUT2D eigenvalue weighted by Gasteiger charge is 2.19. The number of likely N-dealkylation sites (N-methyl/N-ethyl adjacent to an activating group) is 1. The molecule has 18 heavy (non-hydrogen) atoms. The molecule has 102 valence electrons. The third kappa shape index (κ3) is 4.70. The van der Waals surface area contributed by atoms with Gasteiger partial charge in [0.25, 0.3) is 0 Å². The summed E-state index contributed by atoms with van der Waals surface area (Å²) in [5.74, 6) is -1.11. The summed E-state index contributed by atoms with van der Waals surface area (Å²) in [5.41, 5.74) is 0.102. The Bertz CT molecular complexity index is 401. The molecular weight excluding hydrogens is 236 g/mol. The maximum Gasteiger partial charge on any atom is 0.129 e. The number of benzene rings is 1. The molecule has 0 amide bonds. The van der Waals surface area contributed by atoms with Crippen LogP contribution in [0.1, 0.15) is 32.4 Å². The van der Waals surface area contributed by atoms with Gasteiger partial charge in [0.15, 0.2) is 0 Å². The summed E-state index contributed by atoms with van der Waals surface area (Å²) in [4.78, 5) is 1.91. The highest BCUT2D eigenvalue weighted by molar-refractivity contribution is 5.21. The second-order valence-electron chi connectivity index (χ2n) is 5.94. The van der Waals surface area contributed by atoms with E-state index in [0.717, 1.165) is 24.7 Å². The van der Waals surface area contributed by atoms with Crippen molar-refractivity contribution in [3.8, 4) is 0 Å². The van der Waals surface area contributed by atoms with Crippen LogP contribution in [-0.4, -0.2) is 30.1 Å². The molecule has 0 aliphatic heterocycles. The van der Waals surface area contributed by atoms with Gasteiger partial charge in [0.05, 0.1) is 6.10 Å². The van der Waals surface area contributed by atoms with Gasteiger partial charge in [-0.05, 0) is 30.7 Å². The van der Waals surface area contributed by atoms with E-state index in [1.807, 2.05) is 11.9 Å². The highest BCUT2D eigenvalue weighted by atomic mass is 19.1. The normalized spacial score (nSPS) is 14.0. The van der Waals surface area contributed by atoms with Gasteiger partial charge in [-0.3, -0.25) is 0 Å². The van der Waals surface area contributed by atoms with E-state index in [2.05, 4.69) is 20.8 Å². The summed E-state index contributed by atoms with van der Waals surface area (Å²) < 4.78 is 26.5. The lowest BCUT2D eigenvalue weighted by Crippen LogP contribution is -2.32. The number of hydrogen-bond acceptors (Lipinski definition) is 2. The number of aliphatic hydroxyl groups excluding tert-OH is 1. The summed E-state index contributed by atoms with van der Waals surface area (Å²) in [6, 6.07) is 3.13. The van der Waals surface area contributed by atoms with Crippen LogP contribution >= 0.6 is 0 Å². The standard InChI is InChI=1S/C14H21F2NO/c1-14(2,3)9-17(4)8-13(18)11-7-10(15)5-6-12(11)16/h5-7,13,18H,8-9H2,1-4H3. The van der Waals surface area contributed by atoms with Crippen LogP contribution in [0.3, 0.4) is 0 Å². The first-order chi connectivity index (χ1) is 8.19. The van der Waals surface area contributed by atoms with Gasteiger partial charge in [0.2, 0.25) is 0 Å². The van der Waals surface area contributed by atoms with E-state index in [4.69, 9.17) is 0 Å². The molecule has 0 aliphatic rings. The summed E-state index contributed by atoms with van der Waals surface area (Å²) in [6.45, 7) is 7.29. The molecule has 2 nitrogen and oxygen atoms in total. The molecule has 1 aromatic carbocycles. The largest absolute Gasteiger partial charge is 0.387 e. The van der Waals surface area contributed by atoms with Gasteiger partial charge in [-0.2, -0.15) is 0 Å². The Morgan fingerprint density at radius 2 is 1.89 bits per heavy atom. The van der Waals surface area contributed by atoms with Gasteiger partial charge in [-0.25, -0.2) is 8.78 Å². The number of hydrogen-bond donors (Lipinski definition) is 1. The summed E-state index contributed by atoms with van der Waals surface area (Å²) >= 11 is 0. The molecule has 0 radical (unpaired) electrons. The van der Waals surface area contributed by atoms with Gasteiger partial charge >= 0.3 is 0 Å². The maximum absolute atomic E-state index is 13.5. The van der Waals surface area contributed by atoms with E-state index in [1.165, 1.54) is 0 Å². The predicted octanol–water partition coefficient (Wildman–Crippen LogP) is 2.98. The first-order valence-electron chi connectivity index (χ1n) is 6.00. The summed E-state index contributed by atoms with van der Waals surface area (Å²) in [7, 11) is 1.85. The van der Waals surface area contributed by atoms with Gasteiger partial charge in [0, 0.05) is 18.7 Å². The Morgan fingerprint density at radius 3 is 2.44 bits per heavy atom. The van der Waals surface area contributed by atoms with Gasteiger partial charge in [-0.15, -0.1) is 0 Å². The maximum atomic E-state index is 13.5. The van der Waals surface area contributed by atoms with Gasteiger partial charge in [-0.1, -0.05) is 20.8 Å². The Hall–Kier alpha value is -1.00. The van der Waals surface area contributed by atoms with Crippen LogP contribution in [0.25, 0.3) is 0 Å². The minimum atomic E-state index is -1.02. The van der Waals surface area contributed by atoms with E-state index in [-0.39, 0.29) is 17.5 Å². The third-order valence-corrected chi connectivity index (χ3v) is 2.55. The smallest absolute Gasteiger partial charge is 0.129 e. The minimum Gasteiger partial charge on any atom is -0.387 e. The van der Waals surface area contributed by atoms with E-state index >= 15 is 0 Å². The van der Waals surface area contributed by atoms with E-state index in [1.54, 1.807) is 0 Å². The molecule has 1 aromatic rings. The Morgan fingerprint density at radius 1 is 1.28 bits per heavy atom. The van der Waals surface area contributed by atoms with E-state index in [0.29, 0.717) is 0 Å². The molecule has 1 rings (SSSR count). The molecule has 4 heteroatoms. The number of nitrogens with zero attached hydrogens (tertiary/aromatic N) is 1. The molecular formula is C14H21F2NO. The fourth-order valence-electron chi connectivity index (χ4n) is 2.04. The first kappa shape index (κ1) is 15.1. The van der Waals surface area contributed by atoms with Crippen molar-refractivity contribution in [2.24, 2.45) is 5.41 Å². The molecule has 0 saturated heterocycles. The topological polar surface area (TPSA) is 23.5 Å². The Balaban J connectivity index is 2.70. The molecule has 0 fully saturated rings. The fraction of sp³-hybridized carbons (Fsp3) is 0.571. The lowest BCUT2D eigenvalue weighted by molar-refractivity contribution is 0.105. The zero-order chi connectivity index (χ0) is 13.9. The van der Waals surface area contributed by atoms with Crippen LogP contribution < -0.4 is 0 Å². The third-order valence-electron chi connectivity index (χ3n) is 2.55. The molecule has 0 aromatic heterocycles. The van der Waals surface area contributed by atoms with Crippen molar-refractivity contribution in [3.05, 3.63) is 35.4 Å². The van der Waals surface area contributed by atoms with Crippen LogP contribution in [0.15, 0.2) is 18.2 Å². The molecule has 1 atom stereocenters. The van der Waals surface area contributed by atoms with Crippen LogP contribution in [0, 0.1) is 17.0 Å². The molecule has 0 spiro atoms. The second kappa shape index (κ2) is 5.76. The number of rotatable bonds is 4. The van der Waals surface area contributed by atoms with Crippen LogP contribution in [-0.2, 0) is 0 Å². The monoisotopic (exact) mass is 257 g/mol. The van der Waals surface area contributed by atoms with E-state index in [9.17, 15) is 13.9 Å². The van der Waals surface area contributed by atoms with Crippen molar-refractivity contribution in [2.75, 3.05) is 20.1 Å². The van der Waals surface area contributed by atoms with Crippen molar-refractivity contribution in [1.29, 1.82) is 0 Å². The zero-order valence-corrected chi connectivity index (χ0v) is 11.4. The average Bonchev–Trinajstić information content (AvgIpc) is 2.18. The van der Waals surface area contributed by atoms with Crippen molar-refractivity contribution in [3.63, 3.8) is 0 Å². The van der Waals surface area contributed by atoms with E-state index < -0.39 is 17.7 Å². The summed E-state index contributed by atoms with van der Waals surface area (Å²) in [6.07, 6.45) is -1.02.